The van der Waals surface area contributed by atoms with E-state index in [2.05, 4.69) is 10.3 Å². The first-order chi connectivity index (χ1) is 9.20. The van der Waals surface area contributed by atoms with Gasteiger partial charge in [0.05, 0.1) is 17.2 Å². The normalized spacial score (nSPS) is 12.1. The molecule has 0 aromatic carbocycles. The van der Waals surface area contributed by atoms with E-state index in [0.717, 1.165) is 0 Å². The second kappa shape index (κ2) is 5.96. The van der Waals surface area contributed by atoms with Crippen LogP contribution in [0, 0.1) is 10.1 Å². The van der Waals surface area contributed by atoms with Crippen LogP contribution in [0.25, 0.3) is 0 Å². The standard InChI is InChI=1S/C12H13N3O4/c16-6-5-10(11-2-1-7-19-11)14-12-4-3-9(8-13-12)15(17)18/h1-4,7-8,10,16H,5-6H2,(H,13,14). The molecule has 2 aromatic rings. The van der Waals surface area contributed by atoms with E-state index in [1.165, 1.54) is 18.3 Å². The Labute approximate surface area is 109 Å². The Hall–Kier alpha value is -2.41. The first-order valence-corrected chi connectivity index (χ1v) is 5.72. The van der Waals surface area contributed by atoms with Gasteiger partial charge in [0.2, 0.25) is 0 Å². The van der Waals surface area contributed by atoms with Crippen molar-refractivity contribution < 1.29 is 14.4 Å². The van der Waals surface area contributed by atoms with E-state index in [0.29, 0.717) is 18.0 Å². The summed E-state index contributed by atoms with van der Waals surface area (Å²) >= 11 is 0. The first kappa shape index (κ1) is 13.0. The van der Waals surface area contributed by atoms with Gasteiger partial charge >= 0.3 is 0 Å². The minimum atomic E-state index is -0.505. The Balaban J connectivity index is 2.11. The number of furan rings is 1. The molecular weight excluding hydrogens is 250 g/mol. The molecule has 0 bridgehead atoms. The maximum absolute atomic E-state index is 10.5. The molecule has 2 aromatic heterocycles. The van der Waals surface area contributed by atoms with E-state index in [4.69, 9.17) is 9.52 Å². The van der Waals surface area contributed by atoms with Crippen LogP contribution in [0.15, 0.2) is 41.1 Å². The molecule has 19 heavy (non-hydrogen) atoms. The lowest BCUT2D eigenvalue weighted by atomic mass is 10.1. The lowest BCUT2D eigenvalue weighted by Gasteiger charge is -2.15. The fourth-order valence-electron chi connectivity index (χ4n) is 1.66. The summed E-state index contributed by atoms with van der Waals surface area (Å²) in [6, 6.07) is 6.21. The van der Waals surface area contributed by atoms with Gasteiger partial charge in [-0.3, -0.25) is 10.1 Å². The largest absolute Gasteiger partial charge is 0.467 e. The van der Waals surface area contributed by atoms with Gasteiger partial charge in [0.25, 0.3) is 5.69 Å². The highest BCUT2D eigenvalue weighted by atomic mass is 16.6. The highest BCUT2D eigenvalue weighted by molar-refractivity contribution is 5.41. The summed E-state index contributed by atoms with van der Waals surface area (Å²) in [4.78, 5) is 14.0. The summed E-state index contributed by atoms with van der Waals surface area (Å²) < 4.78 is 5.27. The van der Waals surface area contributed by atoms with Gasteiger partial charge in [-0.15, -0.1) is 0 Å². The third-order valence-electron chi connectivity index (χ3n) is 2.59. The number of pyridine rings is 1. The molecule has 2 N–H and O–H groups in total. The minimum Gasteiger partial charge on any atom is -0.467 e. The number of nitrogens with one attached hydrogen (secondary N) is 1. The van der Waals surface area contributed by atoms with Crippen molar-refractivity contribution in [1.29, 1.82) is 0 Å². The van der Waals surface area contributed by atoms with E-state index in [1.54, 1.807) is 18.4 Å². The van der Waals surface area contributed by atoms with Gasteiger partial charge in [0.1, 0.15) is 17.8 Å². The average molecular weight is 263 g/mol. The molecule has 0 spiro atoms. The SMILES string of the molecule is O=[N+]([O-])c1ccc(NC(CCO)c2ccco2)nc1. The van der Waals surface area contributed by atoms with Crippen LogP contribution < -0.4 is 5.32 Å². The van der Waals surface area contributed by atoms with Gasteiger partial charge in [-0.1, -0.05) is 0 Å². The molecule has 0 aliphatic heterocycles. The summed E-state index contributed by atoms with van der Waals surface area (Å²) in [6.45, 7) is -0.00858. The van der Waals surface area contributed by atoms with Crippen molar-refractivity contribution in [2.45, 2.75) is 12.5 Å². The van der Waals surface area contributed by atoms with Gasteiger partial charge in [-0.05, 0) is 24.6 Å². The fourth-order valence-corrected chi connectivity index (χ4v) is 1.66. The molecule has 0 saturated heterocycles. The second-order valence-corrected chi connectivity index (χ2v) is 3.88. The quantitative estimate of drug-likeness (QED) is 0.611. The smallest absolute Gasteiger partial charge is 0.287 e. The monoisotopic (exact) mass is 263 g/mol. The molecule has 1 atom stereocenters. The molecule has 1 unspecified atom stereocenters. The zero-order valence-electron chi connectivity index (χ0n) is 10.0. The Morgan fingerprint density at radius 3 is 2.84 bits per heavy atom. The molecule has 2 heterocycles. The van der Waals surface area contributed by atoms with Crippen LogP contribution in [0.5, 0.6) is 0 Å². The van der Waals surface area contributed by atoms with E-state index >= 15 is 0 Å². The van der Waals surface area contributed by atoms with E-state index in [1.807, 2.05) is 0 Å². The number of nitrogens with zero attached hydrogens (tertiary/aromatic N) is 2. The van der Waals surface area contributed by atoms with Crippen molar-refractivity contribution in [2.75, 3.05) is 11.9 Å². The molecule has 100 valence electrons. The highest BCUT2D eigenvalue weighted by Gasteiger charge is 2.15. The van der Waals surface area contributed by atoms with Gasteiger partial charge in [0, 0.05) is 12.7 Å². The molecule has 0 saturated carbocycles. The van der Waals surface area contributed by atoms with Gasteiger partial charge in [0.15, 0.2) is 0 Å². The Morgan fingerprint density at radius 1 is 1.47 bits per heavy atom. The summed E-state index contributed by atoms with van der Waals surface area (Å²) in [5.74, 6) is 1.16. The Morgan fingerprint density at radius 2 is 2.32 bits per heavy atom. The predicted molar refractivity (Wildman–Crippen MR) is 67.7 cm³/mol. The topological polar surface area (TPSA) is 101 Å². The molecule has 0 amide bonds. The highest BCUT2D eigenvalue weighted by Crippen LogP contribution is 2.22. The first-order valence-electron chi connectivity index (χ1n) is 5.72. The van der Waals surface area contributed by atoms with Crippen LogP contribution in [-0.4, -0.2) is 21.6 Å². The number of hydrogen-bond acceptors (Lipinski definition) is 6. The molecule has 0 aliphatic carbocycles. The molecule has 7 heteroatoms. The zero-order chi connectivity index (χ0) is 13.7. The summed E-state index contributed by atoms with van der Waals surface area (Å²) in [7, 11) is 0. The van der Waals surface area contributed by atoms with Gasteiger partial charge in [-0.25, -0.2) is 4.98 Å². The number of anilines is 1. The number of hydrogen-bond donors (Lipinski definition) is 2. The summed E-state index contributed by atoms with van der Waals surface area (Å²) in [5.41, 5.74) is -0.0674. The van der Waals surface area contributed by atoms with Crippen LogP contribution in [0.2, 0.25) is 0 Å². The molecule has 0 radical (unpaired) electrons. The molecule has 2 rings (SSSR count). The van der Waals surface area contributed by atoms with Crippen LogP contribution >= 0.6 is 0 Å². The van der Waals surface area contributed by atoms with Crippen molar-refractivity contribution in [3.63, 3.8) is 0 Å². The number of rotatable bonds is 6. The average Bonchev–Trinajstić information content (AvgIpc) is 2.92. The van der Waals surface area contributed by atoms with E-state index < -0.39 is 4.92 Å². The summed E-state index contributed by atoms with van der Waals surface area (Å²) in [5, 5.41) is 22.6. The third-order valence-corrected chi connectivity index (χ3v) is 2.59. The van der Waals surface area contributed by atoms with Crippen LogP contribution in [0.1, 0.15) is 18.2 Å². The molecule has 7 nitrogen and oxygen atoms in total. The lowest BCUT2D eigenvalue weighted by molar-refractivity contribution is -0.385. The number of aliphatic hydroxyl groups is 1. The fraction of sp³-hybridized carbons (Fsp3) is 0.250. The van der Waals surface area contributed by atoms with Crippen LogP contribution in [0.4, 0.5) is 11.5 Å². The molecule has 0 aliphatic rings. The Bertz CT molecular complexity index is 524. The summed E-state index contributed by atoms with van der Waals surface area (Å²) in [6.07, 6.45) is 3.18. The third kappa shape index (κ3) is 3.29. The van der Waals surface area contributed by atoms with Crippen LogP contribution in [0.3, 0.4) is 0 Å². The van der Waals surface area contributed by atoms with Crippen LogP contribution in [-0.2, 0) is 0 Å². The van der Waals surface area contributed by atoms with Gasteiger partial charge < -0.3 is 14.8 Å². The van der Waals surface area contributed by atoms with Crippen molar-refractivity contribution in [3.8, 4) is 0 Å². The van der Waals surface area contributed by atoms with Crippen molar-refractivity contribution in [1.82, 2.24) is 4.98 Å². The zero-order valence-corrected chi connectivity index (χ0v) is 10.0. The lowest BCUT2D eigenvalue weighted by Crippen LogP contribution is -2.12. The molecule has 0 fully saturated rings. The van der Waals surface area contributed by atoms with Crippen molar-refractivity contribution in [2.24, 2.45) is 0 Å². The van der Waals surface area contributed by atoms with Crippen molar-refractivity contribution >= 4 is 11.5 Å². The van der Waals surface area contributed by atoms with E-state index in [9.17, 15) is 10.1 Å². The van der Waals surface area contributed by atoms with Crippen molar-refractivity contribution in [3.05, 3.63) is 52.6 Å². The minimum absolute atomic E-state index is 0.00858. The Kier molecular flexibility index (Phi) is 4.09. The van der Waals surface area contributed by atoms with Gasteiger partial charge in [-0.2, -0.15) is 0 Å². The number of aliphatic hydroxyl groups excluding tert-OH is 1. The number of aromatic nitrogens is 1. The van der Waals surface area contributed by atoms with E-state index in [-0.39, 0.29) is 18.3 Å². The molecular formula is C12H13N3O4. The predicted octanol–water partition coefficient (Wildman–Crippen LogP) is 2.12. The number of nitro groups is 1. The maximum Gasteiger partial charge on any atom is 0.287 e. The second-order valence-electron chi connectivity index (χ2n) is 3.88. The maximum atomic E-state index is 10.5.